The van der Waals surface area contributed by atoms with Crippen LogP contribution < -0.4 is 20.3 Å². The number of carbonyl (C=O) groups is 1. The summed E-state index contributed by atoms with van der Waals surface area (Å²) in [5.41, 5.74) is 1.10. The normalized spacial score (nSPS) is 18.5. The molecular weight excluding hydrogens is 886 g/mol. The predicted octanol–water partition coefficient (Wildman–Crippen LogP) is 9.76. The zero-order chi connectivity index (χ0) is 48.8. The van der Waals surface area contributed by atoms with Gasteiger partial charge in [-0.05, 0) is 86.8 Å². The van der Waals surface area contributed by atoms with Crippen LogP contribution in [-0.2, 0) is 28.8 Å². The van der Waals surface area contributed by atoms with Crippen LogP contribution in [0.5, 0.6) is 11.5 Å². The van der Waals surface area contributed by atoms with Crippen molar-refractivity contribution in [2.75, 3.05) is 32.3 Å². The molecule has 0 radical (unpaired) electrons. The van der Waals surface area contributed by atoms with Crippen molar-refractivity contribution >= 4 is 39.6 Å². The lowest BCUT2D eigenvalue weighted by Crippen LogP contribution is -2.50. The van der Waals surface area contributed by atoms with Gasteiger partial charge in [0.15, 0.2) is 25.7 Å². The third-order valence-electron chi connectivity index (χ3n) is 12.6. The molecule has 0 spiro atoms. The van der Waals surface area contributed by atoms with Gasteiger partial charge >= 0.3 is 0 Å². The minimum Gasteiger partial charge on any atom is -0.497 e. The number of imidazole rings is 1. The Morgan fingerprint density at radius 1 is 0.910 bits per heavy atom. The Hall–Kier alpha value is -4.98. The van der Waals surface area contributed by atoms with Crippen LogP contribution in [0, 0.1) is 17.2 Å². The highest BCUT2D eigenvalue weighted by Crippen LogP contribution is 2.52. The van der Waals surface area contributed by atoms with E-state index in [0.29, 0.717) is 17.7 Å². The second-order valence-corrected chi connectivity index (χ2v) is 25.8. The molecule has 1 saturated heterocycles. The number of hydrogen-bond donors (Lipinski definition) is 2. The van der Waals surface area contributed by atoms with Crippen LogP contribution >= 0.6 is 8.30 Å². The van der Waals surface area contributed by atoms with Crippen molar-refractivity contribution in [3.05, 3.63) is 112 Å². The van der Waals surface area contributed by atoms with E-state index in [9.17, 15) is 14.9 Å². The maximum Gasteiger partial charge on any atom is 0.280 e. The van der Waals surface area contributed by atoms with Crippen molar-refractivity contribution in [2.24, 2.45) is 5.92 Å². The molecule has 5 atom stereocenters. The zero-order valence-electron chi connectivity index (χ0n) is 41.2. The van der Waals surface area contributed by atoms with Crippen molar-refractivity contribution in [3.63, 3.8) is 0 Å². The minimum absolute atomic E-state index is 0.00734. The van der Waals surface area contributed by atoms with E-state index in [1.165, 1.54) is 6.33 Å². The number of nitriles is 1. The number of ether oxygens (including phenoxy) is 4. The van der Waals surface area contributed by atoms with E-state index in [1.54, 1.807) is 32.6 Å². The van der Waals surface area contributed by atoms with Crippen molar-refractivity contribution in [2.45, 2.75) is 129 Å². The van der Waals surface area contributed by atoms with Crippen LogP contribution in [0.25, 0.3) is 11.2 Å². The molecule has 3 heterocycles. The maximum atomic E-state index is 13.6. The van der Waals surface area contributed by atoms with Gasteiger partial charge in [0.2, 0.25) is 11.9 Å². The highest BCUT2D eigenvalue weighted by atomic mass is 31.2. The molecule has 67 heavy (non-hydrogen) atoms. The van der Waals surface area contributed by atoms with Gasteiger partial charge < -0.3 is 27.9 Å². The quantitative estimate of drug-likeness (QED) is 0.0430. The van der Waals surface area contributed by atoms with Gasteiger partial charge in [0, 0.05) is 30.6 Å². The number of H-pyrrole nitrogens is 1. The summed E-state index contributed by atoms with van der Waals surface area (Å²) in [5.74, 6) is 0.701. The van der Waals surface area contributed by atoms with E-state index >= 15 is 0 Å². The first-order valence-electron chi connectivity index (χ1n) is 22.9. The Balaban J connectivity index is 1.59. The first-order chi connectivity index (χ1) is 31.8. The molecule has 1 aliphatic rings. The van der Waals surface area contributed by atoms with E-state index in [2.05, 4.69) is 87.6 Å². The molecule has 2 N–H and O–H groups in total. The largest absolute Gasteiger partial charge is 0.497 e. The van der Waals surface area contributed by atoms with Gasteiger partial charge in [-0.15, -0.1) is 0 Å². The SMILES string of the molecule is COc1ccc(C(OC[C@H]2O[C@@H](n3cnc4c(=O)[nH]c(NC(=O)C(C)C)nc43)[C@H](O[Si](C)(C)C(C)(C)C)[C@@H]2OP(CCC#N)N(C(C)C)C(C)C)(c2ccccc2)c2ccc(OC)cc2)cc1. The fraction of sp³-hybridized carbons (Fsp3) is 0.500. The van der Waals surface area contributed by atoms with Crippen molar-refractivity contribution < 1.29 is 32.7 Å². The van der Waals surface area contributed by atoms with E-state index in [1.807, 2.05) is 78.9 Å². The van der Waals surface area contributed by atoms with Gasteiger partial charge in [-0.3, -0.25) is 29.1 Å². The summed E-state index contributed by atoms with van der Waals surface area (Å²) in [6.07, 6.45) is -1.00. The fourth-order valence-corrected chi connectivity index (χ4v) is 11.8. The lowest BCUT2D eigenvalue weighted by atomic mass is 9.80. The molecule has 17 heteroatoms. The van der Waals surface area contributed by atoms with Crippen LogP contribution in [0.2, 0.25) is 18.1 Å². The molecule has 2 aromatic heterocycles. The molecule has 0 aliphatic carbocycles. The number of aromatic amines is 1. The molecule has 5 aromatic rings. The molecule has 0 saturated carbocycles. The molecule has 1 aliphatic heterocycles. The summed E-state index contributed by atoms with van der Waals surface area (Å²) in [6, 6.07) is 28.3. The van der Waals surface area contributed by atoms with E-state index in [-0.39, 0.29) is 59.1 Å². The number of benzene rings is 3. The van der Waals surface area contributed by atoms with Gasteiger partial charge in [-0.2, -0.15) is 10.2 Å². The Kier molecular flexibility index (Phi) is 16.5. The van der Waals surface area contributed by atoms with Gasteiger partial charge in [0.25, 0.3) is 5.56 Å². The zero-order valence-corrected chi connectivity index (χ0v) is 43.1. The monoisotopic (exact) mass is 953 g/mol. The first-order valence-corrected chi connectivity index (χ1v) is 27.3. The summed E-state index contributed by atoms with van der Waals surface area (Å²) in [6.45, 7) is 22.9. The van der Waals surface area contributed by atoms with Gasteiger partial charge in [-0.1, -0.05) is 89.2 Å². The van der Waals surface area contributed by atoms with Crippen molar-refractivity contribution in [1.29, 1.82) is 5.26 Å². The van der Waals surface area contributed by atoms with E-state index in [4.69, 9.17) is 32.9 Å². The van der Waals surface area contributed by atoms with Crippen molar-refractivity contribution in [3.8, 4) is 17.6 Å². The highest BCUT2D eigenvalue weighted by Gasteiger charge is 2.54. The smallest absolute Gasteiger partial charge is 0.280 e. The Morgan fingerprint density at radius 2 is 1.48 bits per heavy atom. The third-order valence-corrected chi connectivity index (χ3v) is 19.6. The van der Waals surface area contributed by atoms with Gasteiger partial charge in [-0.25, -0.2) is 4.98 Å². The number of hydrogen-bond acceptors (Lipinski definition) is 12. The van der Waals surface area contributed by atoms with Crippen molar-refractivity contribution in [1.82, 2.24) is 24.2 Å². The summed E-state index contributed by atoms with van der Waals surface area (Å²) in [4.78, 5) is 38.5. The van der Waals surface area contributed by atoms with Gasteiger partial charge in [0.05, 0.1) is 33.2 Å². The van der Waals surface area contributed by atoms with Crippen LogP contribution in [0.3, 0.4) is 0 Å². The number of methoxy groups -OCH3 is 2. The average Bonchev–Trinajstić information content (AvgIpc) is 3.86. The molecule has 1 fully saturated rings. The van der Waals surface area contributed by atoms with Crippen LogP contribution in [0.4, 0.5) is 5.95 Å². The third kappa shape index (κ3) is 11.2. The lowest BCUT2D eigenvalue weighted by molar-refractivity contribution is -0.118. The van der Waals surface area contributed by atoms with Crippen LogP contribution in [0.1, 0.15) is 91.7 Å². The summed E-state index contributed by atoms with van der Waals surface area (Å²) in [7, 11) is -0.812. The molecular formula is C50H68N7O8PSi. The molecule has 1 unspecified atom stereocenters. The summed E-state index contributed by atoms with van der Waals surface area (Å²) in [5, 5.41) is 12.5. The Morgan fingerprint density at radius 3 is 1.99 bits per heavy atom. The first kappa shape index (κ1) is 51.4. The molecule has 3 aromatic carbocycles. The Labute approximate surface area is 397 Å². The molecule has 6 rings (SSSR count). The average molecular weight is 954 g/mol. The maximum absolute atomic E-state index is 13.6. The number of aromatic nitrogens is 4. The number of fused-ring (bicyclic) bond motifs is 1. The van der Waals surface area contributed by atoms with Gasteiger partial charge in [0.1, 0.15) is 43.7 Å². The van der Waals surface area contributed by atoms with E-state index in [0.717, 1.165) is 16.7 Å². The Bertz CT molecular complexity index is 2470. The highest BCUT2D eigenvalue weighted by molar-refractivity contribution is 7.50. The molecule has 1 amide bonds. The second-order valence-electron chi connectivity index (χ2n) is 19.2. The number of nitrogens with zero attached hydrogens (tertiary/aromatic N) is 5. The predicted molar refractivity (Wildman–Crippen MR) is 265 cm³/mol. The second kappa shape index (κ2) is 21.5. The lowest BCUT2D eigenvalue weighted by Gasteiger charge is -2.43. The summed E-state index contributed by atoms with van der Waals surface area (Å²) >= 11 is 0. The number of amides is 1. The number of carbonyl (C=O) groups excluding carboxylic acids is 1. The van der Waals surface area contributed by atoms with Crippen LogP contribution in [0.15, 0.2) is 90.0 Å². The number of nitrogens with one attached hydrogen (secondary N) is 2. The minimum atomic E-state index is -2.66. The number of rotatable bonds is 20. The van der Waals surface area contributed by atoms with Crippen LogP contribution in [-0.4, -0.2) is 95.8 Å². The number of anilines is 1. The summed E-state index contributed by atoms with van der Waals surface area (Å²) < 4.78 is 45.1. The van der Waals surface area contributed by atoms with E-state index < -0.39 is 52.3 Å². The fourth-order valence-electron chi connectivity index (χ4n) is 8.17. The molecule has 0 bridgehead atoms. The standard InChI is InChI=1S/C50H68N7O8PSi/c1-32(2)45(58)54-48-53-44-41(46(59)55-48)52-31-56(44)47-43(65-67(12,13)49(7,8)9)42(64-66(29-17-28-51)57(33(3)4)34(5)6)40(63-47)30-62-50(35-18-15-14-16-19-35,36-20-24-38(60-10)25-21-36)37-22-26-39(61-11)27-23-37/h14-16,18-27,31-34,40,42-43,47H,17,29-30H2,1-13H3,(H2,53,54,55,58,59)/t40-,42-,43-,47-,66?/m1/s1. The topological polar surface area (TPSA) is 175 Å². The molecule has 360 valence electrons. The molecule has 15 nitrogen and oxygen atoms in total.